The van der Waals surface area contributed by atoms with Crippen LogP contribution in [0.4, 0.5) is 0 Å². The molecule has 0 aliphatic rings. The van der Waals surface area contributed by atoms with Gasteiger partial charge in [-0.25, -0.2) is 0 Å². The van der Waals surface area contributed by atoms with Crippen molar-refractivity contribution in [3.63, 3.8) is 0 Å². The van der Waals surface area contributed by atoms with Crippen LogP contribution >= 0.6 is 0 Å². The van der Waals surface area contributed by atoms with E-state index in [9.17, 15) is 0 Å². The Hall–Kier alpha value is -0.860. The highest BCUT2D eigenvalue weighted by molar-refractivity contribution is 5.22. The highest BCUT2D eigenvalue weighted by atomic mass is 15.1. The first kappa shape index (κ1) is 16.2. The van der Waals surface area contributed by atoms with Gasteiger partial charge in [-0.3, -0.25) is 4.90 Å². The summed E-state index contributed by atoms with van der Waals surface area (Å²) < 4.78 is 0. The molecule has 2 nitrogen and oxygen atoms in total. The zero-order valence-corrected chi connectivity index (χ0v) is 13.5. The lowest BCUT2D eigenvalue weighted by molar-refractivity contribution is 0.225. The summed E-state index contributed by atoms with van der Waals surface area (Å²) in [5.74, 6) is 0. The van der Waals surface area contributed by atoms with Crippen molar-refractivity contribution in [3.05, 3.63) is 35.4 Å². The van der Waals surface area contributed by atoms with Crippen molar-refractivity contribution in [2.24, 2.45) is 0 Å². The van der Waals surface area contributed by atoms with Gasteiger partial charge in [-0.05, 0) is 52.3 Å². The zero-order valence-electron chi connectivity index (χ0n) is 13.5. The van der Waals surface area contributed by atoms with E-state index in [-0.39, 0.29) is 5.54 Å². The second-order valence-electron chi connectivity index (χ2n) is 6.58. The lowest BCUT2D eigenvalue weighted by Gasteiger charge is -2.25. The zero-order chi connectivity index (χ0) is 14.5. The second-order valence-corrected chi connectivity index (χ2v) is 6.58. The van der Waals surface area contributed by atoms with E-state index in [0.717, 1.165) is 19.6 Å². The lowest BCUT2D eigenvalue weighted by atomic mass is 10.1. The van der Waals surface area contributed by atoms with Crippen molar-refractivity contribution >= 4 is 0 Å². The minimum atomic E-state index is 0.176. The Kier molecular flexibility index (Phi) is 6.02. The molecule has 2 heteroatoms. The van der Waals surface area contributed by atoms with Crippen molar-refractivity contribution in [1.82, 2.24) is 10.2 Å². The number of hydrogen-bond acceptors (Lipinski definition) is 2. The van der Waals surface area contributed by atoms with Crippen LogP contribution < -0.4 is 5.32 Å². The van der Waals surface area contributed by atoms with Gasteiger partial charge < -0.3 is 5.32 Å². The predicted molar refractivity (Wildman–Crippen MR) is 84.3 cm³/mol. The Bertz CT molecular complexity index is 360. The summed E-state index contributed by atoms with van der Waals surface area (Å²) in [6.45, 7) is 16.4. The molecule has 0 heterocycles. The van der Waals surface area contributed by atoms with Crippen LogP contribution in [0.3, 0.4) is 0 Å². The molecule has 1 N–H and O–H groups in total. The normalized spacial score (nSPS) is 12.4. The van der Waals surface area contributed by atoms with Crippen molar-refractivity contribution in [3.8, 4) is 0 Å². The molecule has 0 aliphatic carbocycles. The smallest absolute Gasteiger partial charge is 0.0236 e. The van der Waals surface area contributed by atoms with Crippen molar-refractivity contribution < 1.29 is 0 Å². The van der Waals surface area contributed by atoms with Crippen molar-refractivity contribution in [1.29, 1.82) is 0 Å². The maximum Gasteiger partial charge on any atom is 0.0236 e. The van der Waals surface area contributed by atoms with Crippen molar-refractivity contribution in [2.75, 3.05) is 6.54 Å². The number of hydrogen-bond donors (Lipinski definition) is 1. The Morgan fingerprint density at radius 2 is 1.58 bits per heavy atom. The highest BCUT2D eigenvalue weighted by Gasteiger charge is 2.09. The van der Waals surface area contributed by atoms with Gasteiger partial charge in [0.15, 0.2) is 0 Å². The maximum atomic E-state index is 3.52. The molecule has 0 saturated carbocycles. The van der Waals surface area contributed by atoms with E-state index in [1.807, 2.05) is 0 Å². The van der Waals surface area contributed by atoms with Gasteiger partial charge in [0.25, 0.3) is 0 Å². The summed E-state index contributed by atoms with van der Waals surface area (Å²) >= 11 is 0. The summed E-state index contributed by atoms with van der Waals surface area (Å²) in [4.78, 5) is 2.47. The van der Waals surface area contributed by atoms with E-state index in [4.69, 9.17) is 0 Å². The Labute approximate surface area is 119 Å². The van der Waals surface area contributed by atoms with E-state index >= 15 is 0 Å². The largest absolute Gasteiger partial charge is 0.308 e. The van der Waals surface area contributed by atoms with Crippen LogP contribution in [0.25, 0.3) is 0 Å². The molecule has 0 fully saturated rings. The number of nitrogens with zero attached hydrogens (tertiary/aromatic N) is 1. The van der Waals surface area contributed by atoms with Gasteiger partial charge in [-0.1, -0.05) is 31.2 Å². The Morgan fingerprint density at radius 3 is 2.00 bits per heavy atom. The fourth-order valence-corrected chi connectivity index (χ4v) is 2.02. The highest BCUT2D eigenvalue weighted by Crippen LogP contribution is 2.11. The number of rotatable bonds is 6. The van der Waals surface area contributed by atoms with Gasteiger partial charge >= 0.3 is 0 Å². The third-order valence-corrected chi connectivity index (χ3v) is 3.37. The summed E-state index contributed by atoms with van der Waals surface area (Å²) in [5.41, 5.74) is 2.93. The van der Waals surface area contributed by atoms with Gasteiger partial charge in [0.2, 0.25) is 0 Å². The summed E-state index contributed by atoms with van der Waals surface area (Å²) in [6.07, 6.45) is 0. The number of benzene rings is 1. The molecule has 19 heavy (non-hydrogen) atoms. The molecule has 0 aromatic heterocycles. The minimum absolute atomic E-state index is 0.176. The maximum absolute atomic E-state index is 3.52. The topological polar surface area (TPSA) is 15.3 Å². The molecule has 0 radical (unpaired) electrons. The van der Waals surface area contributed by atoms with Crippen LogP contribution in [0.1, 0.15) is 52.7 Å². The predicted octanol–water partition coefficient (Wildman–Crippen LogP) is 3.81. The van der Waals surface area contributed by atoms with E-state index in [1.54, 1.807) is 0 Å². The number of nitrogens with one attached hydrogen (secondary N) is 1. The second kappa shape index (κ2) is 7.06. The molecule has 1 aromatic rings. The third kappa shape index (κ3) is 6.22. The molecule has 0 amide bonds. The third-order valence-electron chi connectivity index (χ3n) is 3.37. The van der Waals surface area contributed by atoms with Gasteiger partial charge in [0.05, 0.1) is 0 Å². The van der Waals surface area contributed by atoms with Crippen LogP contribution in [0.5, 0.6) is 0 Å². The fourth-order valence-electron chi connectivity index (χ4n) is 2.02. The van der Waals surface area contributed by atoms with Gasteiger partial charge in [-0.2, -0.15) is 0 Å². The quantitative estimate of drug-likeness (QED) is 0.839. The molecular formula is C17H30N2. The van der Waals surface area contributed by atoms with E-state index < -0.39 is 0 Å². The Balaban J connectivity index is 2.56. The fraction of sp³-hybridized carbons (Fsp3) is 0.647. The molecule has 0 unspecified atom stereocenters. The van der Waals surface area contributed by atoms with Crippen LogP contribution in [-0.4, -0.2) is 23.0 Å². The first-order valence-electron chi connectivity index (χ1n) is 7.38. The molecule has 1 rings (SSSR count). The van der Waals surface area contributed by atoms with E-state index in [0.29, 0.717) is 6.04 Å². The summed E-state index contributed by atoms with van der Waals surface area (Å²) in [5, 5.41) is 3.52. The van der Waals surface area contributed by atoms with Crippen LogP contribution in [0, 0.1) is 0 Å². The summed E-state index contributed by atoms with van der Waals surface area (Å²) in [6, 6.07) is 9.59. The van der Waals surface area contributed by atoms with Gasteiger partial charge in [0, 0.05) is 24.7 Å². The molecule has 0 aliphatic heterocycles. The molecular weight excluding hydrogens is 232 g/mol. The monoisotopic (exact) mass is 262 g/mol. The average molecular weight is 262 g/mol. The van der Waals surface area contributed by atoms with Crippen LogP contribution in [-0.2, 0) is 13.1 Å². The van der Waals surface area contributed by atoms with E-state index in [2.05, 4.69) is 76.0 Å². The lowest BCUT2D eigenvalue weighted by Crippen LogP contribution is -2.35. The molecule has 0 spiro atoms. The van der Waals surface area contributed by atoms with Crippen LogP contribution in [0.2, 0.25) is 0 Å². The van der Waals surface area contributed by atoms with Gasteiger partial charge in [0.1, 0.15) is 0 Å². The molecule has 108 valence electrons. The molecule has 0 bridgehead atoms. The average Bonchev–Trinajstić information content (AvgIpc) is 2.33. The Morgan fingerprint density at radius 1 is 1.05 bits per heavy atom. The van der Waals surface area contributed by atoms with Gasteiger partial charge in [-0.15, -0.1) is 0 Å². The van der Waals surface area contributed by atoms with E-state index in [1.165, 1.54) is 11.1 Å². The standard InChI is InChI=1S/C17H30N2/c1-7-19(14(2)3)13-16-10-8-15(9-11-16)12-18-17(4,5)6/h8-11,14,18H,7,12-13H2,1-6H3. The first-order valence-corrected chi connectivity index (χ1v) is 7.38. The SMILES string of the molecule is CCN(Cc1ccc(CNC(C)(C)C)cc1)C(C)C. The summed E-state index contributed by atoms with van der Waals surface area (Å²) in [7, 11) is 0. The first-order chi connectivity index (χ1) is 8.81. The molecule has 0 atom stereocenters. The molecule has 1 aromatic carbocycles. The van der Waals surface area contributed by atoms with Crippen LogP contribution in [0.15, 0.2) is 24.3 Å². The minimum Gasteiger partial charge on any atom is -0.308 e. The molecule has 0 saturated heterocycles. The van der Waals surface area contributed by atoms with Crippen molar-refractivity contribution in [2.45, 2.75) is 66.2 Å².